The summed E-state index contributed by atoms with van der Waals surface area (Å²) in [5.74, 6) is -0.270. The first-order chi connectivity index (χ1) is 6.83. The van der Waals surface area contributed by atoms with Gasteiger partial charge in [-0.05, 0) is 18.2 Å². The van der Waals surface area contributed by atoms with Crippen molar-refractivity contribution < 1.29 is 22.5 Å². The summed E-state index contributed by atoms with van der Waals surface area (Å²) < 4.78 is 26.4. The van der Waals surface area contributed by atoms with E-state index in [4.69, 9.17) is 10.8 Å². The Morgan fingerprint density at radius 3 is 2.47 bits per heavy atom. The molecule has 0 aliphatic rings. The molecular weight excluding hydrogens is 224 g/mol. The van der Waals surface area contributed by atoms with Crippen LogP contribution in [0.4, 0.5) is 10.5 Å². The first-order valence-electron chi connectivity index (χ1n) is 3.65. The van der Waals surface area contributed by atoms with Crippen molar-refractivity contribution in [3.05, 3.63) is 18.2 Å². The number of hydrogen-bond acceptors (Lipinski definition) is 6. The first-order valence-corrected chi connectivity index (χ1v) is 5.06. The number of anilines is 1. The molecule has 15 heavy (non-hydrogen) atoms. The molecule has 0 atom stereocenters. The standard InChI is InChI=1S/C7H8N2O5S/c8-5-3-4(1-2-6(5)10)15(12,13)14-7(9)11/h1-3,10H,8H2,(H2,9,11). The van der Waals surface area contributed by atoms with Gasteiger partial charge in [0.15, 0.2) is 0 Å². The van der Waals surface area contributed by atoms with Crippen molar-refractivity contribution in [3.63, 3.8) is 0 Å². The zero-order valence-corrected chi connectivity index (χ0v) is 8.19. The van der Waals surface area contributed by atoms with Crippen LogP contribution in [0.3, 0.4) is 0 Å². The summed E-state index contributed by atoms with van der Waals surface area (Å²) >= 11 is 0. The van der Waals surface area contributed by atoms with Crippen molar-refractivity contribution >= 4 is 21.9 Å². The molecule has 8 heteroatoms. The zero-order chi connectivity index (χ0) is 11.6. The summed E-state index contributed by atoms with van der Waals surface area (Å²) in [5, 5.41) is 9.04. The van der Waals surface area contributed by atoms with E-state index in [9.17, 15) is 13.2 Å². The van der Waals surface area contributed by atoms with Crippen LogP contribution >= 0.6 is 0 Å². The van der Waals surface area contributed by atoms with E-state index in [0.29, 0.717) is 0 Å². The fraction of sp³-hybridized carbons (Fsp3) is 0. The molecule has 0 aliphatic carbocycles. The van der Waals surface area contributed by atoms with Crippen molar-refractivity contribution in [1.82, 2.24) is 0 Å². The number of phenolic OH excluding ortho intramolecular Hbond substituents is 1. The second-order valence-corrected chi connectivity index (χ2v) is 4.12. The van der Waals surface area contributed by atoms with Crippen LogP contribution in [0.25, 0.3) is 0 Å². The van der Waals surface area contributed by atoms with Crippen LogP contribution < -0.4 is 11.5 Å². The molecule has 0 heterocycles. The molecular formula is C7H8N2O5S. The molecule has 5 N–H and O–H groups in total. The van der Waals surface area contributed by atoms with E-state index in [1.54, 1.807) is 0 Å². The maximum Gasteiger partial charge on any atom is 0.420 e. The van der Waals surface area contributed by atoms with Crippen molar-refractivity contribution in [1.29, 1.82) is 0 Å². The summed E-state index contributed by atoms with van der Waals surface area (Å²) in [6, 6.07) is 3.05. The molecule has 1 amide bonds. The summed E-state index contributed by atoms with van der Waals surface area (Å²) in [5.41, 5.74) is 9.68. The van der Waals surface area contributed by atoms with Gasteiger partial charge in [-0.3, -0.25) is 0 Å². The van der Waals surface area contributed by atoms with Crippen molar-refractivity contribution in [2.75, 3.05) is 5.73 Å². The van der Waals surface area contributed by atoms with Gasteiger partial charge >= 0.3 is 16.2 Å². The maximum absolute atomic E-state index is 11.2. The molecule has 0 aliphatic heterocycles. The highest BCUT2D eigenvalue weighted by atomic mass is 32.2. The minimum Gasteiger partial charge on any atom is -0.506 e. The van der Waals surface area contributed by atoms with E-state index < -0.39 is 16.2 Å². The van der Waals surface area contributed by atoms with Crippen LogP contribution in [-0.2, 0) is 14.3 Å². The fourth-order valence-electron chi connectivity index (χ4n) is 0.844. The predicted octanol–water partition coefficient (Wildman–Crippen LogP) is -0.242. The van der Waals surface area contributed by atoms with E-state index in [1.165, 1.54) is 0 Å². The fourth-order valence-corrected chi connectivity index (χ4v) is 1.66. The Balaban J connectivity index is 3.17. The Bertz CT molecular complexity index is 496. The van der Waals surface area contributed by atoms with Gasteiger partial charge in [-0.25, -0.2) is 4.79 Å². The third-order valence-electron chi connectivity index (χ3n) is 1.48. The minimum atomic E-state index is -4.26. The van der Waals surface area contributed by atoms with Crippen molar-refractivity contribution in [3.8, 4) is 5.75 Å². The van der Waals surface area contributed by atoms with Crippen molar-refractivity contribution in [2.24, 2.45) is 5.73 Å². The molecule has 1 rings (SSSR count). The Hall–Kier alpha value is -1.96. The van der Waals surface area contributed by atoms with Gasteiger partial charge in [0.25, 0.3) is 0 Å². The van der Waals surface area contributed by atoms with Gasteiger partial charge < -0.3 is 20.8 Å². The number of aromatic hydroxyl groups is 1. The van der Waals surface area contributed by atoms with Crippen LogP contribution in [0, 0.1) is 0 Å². The summed E-state index contributed by atoms with van der Waals surface area (Å²) in [7, 11) is -4.26. The van der Waals surface area contributed by atoms with Crippen molar-refractivity contribution in [2.45, 2.75) is 4.90 Å². The monoisotopic (exact) mass is 232 g/mol. The quantitative estimate of drug-likeness (QED) is 0.366. The van der Waals surface area contributed by atoms with Gasteiger partial charge in [0.1, 0.15) is 10.6 Å². The average molecular weight is 232 g/mol. The number of carbonyl (C=O) groups excluding carboxylic acids is 1. The lowest BCUT2D eigenvalue weighted by molar-refractivity contribution is 0.212. The highest BCUT2D eigenvalue weighted by Gasteiger charge is 2.19. The van der Waals surface area contributed by atoms with Crippen LogP contribution in [0.1, 0.15) is 0 Å². The van der Waals surface area contributed by atoms with E-state index in [0.717, 1.165) is 18.2 Å². The average Bonchev–Trinajstić information content (AvgIpc) is 2.07. The van der Waals surface area contributed by atoms with Crippen LogP contribution in [0.2, 0.25) is 0 Å². The number of nitrogen functional groups attached to an aromatic ring is 1. The van der Waals surface area contributed by atoms with Gasteiger partial charge in [-0.1, -0.05) is 0 Å². The summed E-state index contributed by atoms with van der Waals surface area (Å²) in [6.45, 7) is 0. The lowest BCUT2D eigenvalue weighted by Crippen LogP contribution is -2.18. The number of primary amides is 1. The molecule has 7 nitrogen and oxygen atoms in total. The highest BCUT2D eigenvalue weighted by Crippen LogP contribution is 2.23. The molecule has 0 spiro atoms. The first kappa shape index (κ1) is 11.1. The molecule has 0 saturated heterocycles. The summed E-state index contributed by atoms with van der Waals surface area (Å²) in [6.07, 6.45) is -1.44. The lowest BCUT2D eigenvalue weighted by Gasteiger charge is -2.04. The van der Waals surface area contributed by atoms with Gasteiger partial charge in [-0.2, -0.15) is 8.42 Å². The Labute approximate surface area is 85.4 Å². The van der Waals surface area contributed by atoms with E-state index in [-0.39, 0.29) is 16.3 Å². The predicted molar refractivity (Wildman–Crippen MR) is 50.4 cm³/mol. The zero-order valence-electron chi connectivity index (χ0n) is 7.38. The smallest absolute Gasteiger partial charge is 0.420 e. The number of phenols is 1. The Kier molecular flexibility index (Phi) is 2.71. The highest BCUT2D eigenvalue weighted by molar-refractivity contribution is 7.87. The van der Waals surface area contributed by atoms with Gasteiger partial charge in [-0.15, -0.1) is 0 Å². The third-order valence-corrected chi connectivity index (χ3v) is 2.69. The molecule has 82 valence electrons. The summed E-state index contributed by atoms with van der Waals surface area (Å²) in [4.78, 5) is 9.92. The van der Waals surface area contributed by atoms with Crippen LogP contribution in [-0.4, -0.2) is 19.6 Å². The third kappa shape index (κ3) is 2.50. The number of rotatable bonds is 2. The Morgan fingerprint density at radius 2 is 2.00 bits per heavy atom. The topological polar surface area (TPSA) is 133 Å². The second-order valence-electron chi connectivity index (χ2n) is 2.58. The van der Waals surface area contributed by atoms with E-state index in [2.05, 4.69) is 9.92 Å². The number of nitrogens with two attached hydrogens (primary N) is 2. The maximum atomic E-state index is 11.2. The van der Waals surface area contributed by atoms with Gasteiger partial charge in [0, 0.05) is 0 Å². The molecule has 0 aromatic heterocycles. The molecule has 0 saturated carbocycles. The number of amides is 1. The van der Waals surface area contributed by atoms with Gasteiger partial charge in [0.05, 0.1) is 5.69 Å². The molecule has 1 aromatic carbocycles. The molecule has 0 bridgehead atoms. The normalized spacial score (nSPS) is 10.9. The molecule has 1 aromatic rings. The van der Waals surface area contributed by atoms with E-state index in [1.807, 2.05) is 0 Å². The van der Waals surface area contributed by atoms with Crippen LogP contribution in [0.15, 0.2) is 23.1 Å². The lowest BCUT2D eigenvalue weighted by atomic mass is 10.3. The second kappa shape index (κ2) is 3.65. The van der Waals surface area contributed by atoms with Gasteiger partial charge in [0.2, 0.25) is 0 Å². The number of hydrogen-bond donors (Lipinski definition) is 3. The van der Waals surface area contributed by atoms with Crippen LogP contribution in [0.5, 0.6) is 5.75 Å². The Morgan fingerprint density at radius 1 is 1.40 bits per heavy atom. The minimum absolute atomic E-state index is 0.149. The van der Waals surface area contributed by atoms with E-state index >= 15 is 0 Å². The SMILES string of the molecule is NC(=O)OS(=O)(=O)c1ccc(O)c(N)c1. The molecule has 0 fully saturated rings. The number of benzene rings is 1. The molecule has 0 radical (unpaired) electrons. The largest absolute Gasteiger partial charge is 0.506 e. The molecule has 0 unspecified atom stereocenters. The number of carbonyl (C=O) groups is 1.